The molecule has 0 unspecified atom stereocenters. The number of halogens is 3. The van der Waals surface area contributed by atoms with Gasteiger partial charge >= 0.3 is 0 Å². The van der Waals surface area contributed by atoms with Crippen LogP contribution in [0, 0.1) is 5.82 Å². The Morgan fingerprint density at radius 3 is 2.80 bits per heavy atom. The van der Waals surface area contributed by atoms with Crippen LogP contribution in [0.2, 0.25) is 5.02 Å². The molecule has 0 radical (unpaired) electrons. The Kier molecular flexibility index (Phi) is 5.60. The summed E-state index contributed by atoms with van der Waals surface area (Å²) in [6.07, 6.45) is 0. The Morgan fingerprint density at radius 2 is 2.10 bits per heavy atom. The second-order valence-electron chi connectivity index (χ2n) is 4.17. The number of nitrogens with zero attached hydrogens (tertiary/aromatic N) is 2. The molecule has 0 aliphatic rings. The van der Waals surface area contributed by atoms with Crippen molar-refractivity contribution in [3.8, 4) is 0 Å². The summed E-state index contributed by atoms with van der Waals surface area (Å²) >= 11 is 11.7. The first kappa shape index (κ1) is 15.5. The molecule has 0 spiro atoms. The normalized spacial score (nSPS) is 11.4. The fraction of sp³-hybridized carbons (Fsp3) is 0.462. The van der Waals surface area contributed by atoms with Crippen LogP contribution in [-0.4, -0.2) is 36.5 Å². The molecule has 0 amide bonds. The zero-order valence-corrected chi connectivity index (χ0v) is 12.5. The Bertz CT molecular complexity index is 589. The van der Waals surface area contributed by atoms with Crippen LogP contribution in [0.15, 0.2) is 12.1 Å². The van der Waals surface area contributed by atoms with Gasteiger partial charge in [-0.2, -0.15) is 0 Å². The Balaban J connectivity index is 2.19. The first-order chi connectivity index (χ1) is 9.67. The predicted octanol–water partition coefficient (Wildman–Crippen LogP) is 3.23. The van der Waals surface area contributed by atoms with Crippen molar-refractivity contribution in [3.05, 3.63) is 28.8 Å². The number of fused-ring (bicyclic) bond motifs is 1. The lowest BCUT2D eigenvalue weighted by Gasteiger charge is -2.08. The average molecular weight is 321 g/mol. The standard InChI is InChI=1S/C13H15Cl2FN2O2/c1-19-4-5-20-3-2-18-12-6-9(15)10(16)7-11(12)17-13(18)8-14/h6-7H,2-5,8H2,1H3. The number of rotatable bonds is 7. The lowest BCUT2D eigenvalue weighted by atomic mass is 10.3. The molecule has 110 valence electrons. The molecule has 0 bridgehead atoms. The minimum atomic E-state index is -0.485. The molecule has 0 N–H and O–H groups in total. The molecule has 4 nitrogen and oxygen atoms in total. The highest BCUT2D eigenvalue weighted by molar-refractivity contribution is 6.31. The molecule has 1 aromatic heterocycles. The van der Waals surface area contributed by atoms with Crippen LogP contribution >= 0.6 is 23.2 Å². The fourth-order valence-corrected chi connectivity index (χ4v) is 2.28. The van der Waals surface area contributed by atoms with E-state index in [1.54, 1.807) is 13.2 Å². The fourth-order valence-electron chi connectivity index (χ4n) is 1.92. The quantitative estimate of drug-likeness (QED) is 0.580. The van der Waals surface area contributed by atoms with Gasteiger partial charge in [0, 0.05) is 19.7 Å². The van der Waals surface area contributed by atoms with Gasteiger partial charge in [0.05, 0.1) is 41.8 Å². The topological polar surface area (TPSA) is 36.3 Å². The van der Waals surface area contributed by atoms with Gasteiger partial charge in [-0.25, -0.2) is 9.37 Å². The molecule has 2 rings (SSSR count). The van der Waals surface area contributed by atoms with Gasteiger partial charge < -0.3 is 14.0 Å². The lowest BCUT2D eigenvalue weighted by Crippen LogP contribution is -2.11. The SMILES string of the molecule is COCCOCCn1c(CCl)nc2cc(F)c(Cl)cc21. The molecule has 1 aromatic carbocycles. The summed E-state index contributed by atoms with van der Waals surface area (Å²) in [6.45, 7) is 2.14. The van der Waals surface area contributed by atoms with Gasteiger partial charge in [0.25, 0.3) is 0 Å². The second kappa shape index (κ2) is 7.22. The number of imidazole rings is 1. The number of methoxy groups -OCH3 is 1. The smallest absolute Gasteiger partial charge is 0.144 e. The Hall–Kier alpha value is -0.880. The summed E-state index contributed by atoms with van der Waals surface area (Å²) in [5.74, 6) is 0.423. The van der Waals surface area contributed by atoms with Crippen LogP contribution in [0.5, 0.6) is 0 Å². The van der Waals surface area contributed by atoms with Crippen molar-refractivity contribution in [2.24, 2.45) is 0 Å². The molecule has 1 heterocycles. The number of benzene rings is 1. The molecule has 0 atom stereocenters. The molecule has 20 heavy (non-hydrogen) atoms. The largest absolute Gasteiger partial charge is 0.382 e. The minimum absolute atomic E-state index is 0.0695. The molecule has 7 heteroatoms. The number of alkyl halides is 1. The van der Waals surface area contributed by atoms with Crippen molar-refractivity contribution in [3.63, 3.8) is 0 Å². The summed E-state index contributed by atoms with van der Waals surface area (Å²) in [5.41, 5.74) is 1.29. The van der Waals surface area contributed by atoms with Crippen LogP contribution in [0.1, 0.15) is 5.82 Å². The third kappa shape index (κ3) is 3.41. The van der Waals surface area contributed by atoms with Gasteiger partial charge in [0.1, 0.15) is 11.6 Å². The van der Waals surface area contributed by atoms with Crippen LogP contribution in [0.3, 0.4) is 0 Å². The van der Waals surface area contributed by atoms with E-state index in [0.717, 1.165) is 5.52 Å². The maximum atomic E-state index is 13.4. The Morgan fingerprint density at radius 1 is 1.30 bits per heavy atom. The number of ether oxygens (including phenoxy) is 2. The van der Waals surface area contributed by atoms with Crippen molar-refractivity contribution in [2.45, 2.75) is 12.4 Å². The molecule has 0 fully saturated rings. The van der Waals surface area contributed by atoms with Crippen molar-refractivity contribution in [1.29, 1.82) is 0 Å². The predicted molar refractivity (Wildman–Crippen MR) is 77.0 cm³/mol. The van der Waals surface area contributed by atoms with Crippen molar-refractivity contribution in [2.75, 3.05) is 26.9 Å². The average Bonchev–Trinajstić information content (AvgIpc) is 2.76. The maximum absolute atomic E-state index is 13.4. The van der Waals surface area contributed by atoms with Gasteiger partial charge in [-0.15, -0.1) is 11.6 Å². The van der Waals surface area contributed by atoms with E-state index in [0.29, 0.717) is 37.7 Å². The zero-order chi connectivity index (χ0) is 14.5. The van der Waals surface area contributed by atoms with Gasteiger partial charge in [-0.05, 0) is 6.07 Å². The maximum Gasteiger partial charge on any atom is 0.144 e. The van der Waals surface area contributed by atoms with E-state index in [2.05, 4.69) is 4.98 Å². The summed E-state index contributed by atoms with van der Waals surface area (Å²) in [5, 5.41) is 0.0695. The second-order valence-corrected chi connectivity index (χ2v) is 4.85. The monoisotopic (exact) mass is 320 g/mol. The summed E-state index contributed by atoms with van der Waals surface area (Å²) in [7, 11) is 1.62. The highest BCUT2D eigenvalue weighted by Gasteiger charge is 2.12. The van der Waals surface area contributed by atoms with E-state index in [4.69, 9.17) is 32.7 Å². The van der Waals surface area contributed by atoms with Gasteiger partial charge in [0.2, 0.25) is 0 Å². The van der Waals surface area contributed by atoms with Crippen molar-refractivity contribution in [1.82, 2.24) is 9.55 Å². The third-order valence-corrected chi connectivity index (χ3v) is 3.41. The Labute approximate surface area is 126 Å². The number of aromatic nitrogens is 2. The first-order valence-corrected chi connectivity index (χ1v) is 7.05. The summed E-state index contributed by atoms with van der Waals surface area (Å²) in [6, 6.07) is 2.88. The van der Waals surface area contributed by atoms with Crippen LogP contribution in [-0.2, 0) is 21.9 Å². The molecule has 0 saturated heterocycles. The summed E-state index contributed by atoms with van der Waals surface area (Å²) in [4.78, 5) is 4.30. The van der Waals surface area contributed by atoms with E-state index < -0.39 is 5.82 Å². The first-order valence-electron chi connectivity index (χ1n) is 6.14. The van der Waals surface area contributed by atoms with E-state index in [1.807, 2.05) is 4.57 Å². The minimum Gasteiger partial charge on any atom is -0.382 e. The van der Waals surface area contributed by atoms with E-state index in [1.165, 1.54) is 6.07 Å². The van der Waals surface area contributed by atoms with Gasteiger partial charge in [-0.3, -0.25) is 0 Å². The van der Waals surface area contributed by atoms with Crippen molar-refractivity contribution >= 4 is 34.2 Å². The van der Waals surface area contributed by atoms with Gasteiger partial charge in [0.15, 0.2) is 0 Å². The number of hydrogen-bond donors (Lipinski definition) is 0. The highest BCUT2D eigenvalue weighted by Crippen LogP contribution is 2.24. The lowest BCUT2D eigenvalue weighted by molar-refractivity contribution is 0.0667. The summed E-state index contributed by atoms with van der Waals surface area (Å²) < 4.78 is 25.6. The van der Waals surface area contributed by atoms with Gasteiger partial charge in [-0.1, -0.05) is 11.6 Å². The third-order valence-electron chi connectivity index (χ3n) is 2.88. The zero-order valence-electron chi connectivity index (χ0n) is 11.0. The molecular formula is C13H15Cl2FN2O2. The van der Waals surface area contributed by atoms with Crippen LogP contribution in [0.25, 0.3) is 11.0 Å². The van der Waals surface area contributed by atoms with Crippen LogP contribution < -0.4 is 0 Å². The highest BCUT2D eigenvalue weighted by atomic mass is 35.5. The number of hydrogen-bond acceptors (Lipinski definition) is 3. The molecule has 2 aromatic rings. The van der Waals surface area contributed by atoms with E-state index in [9.17, 15) is 4.39 Å². The van der Waals surface area contributed by atoms with E-state index >= 15 is 0 Å². The molecular weight excluding hydrogens is 306 g/mol. The van der Waals surface area contributed by atoms with E-state index in [-0.39, 0.29) is 10.9 Å². The molecule has 0 aliphatic heterocycles. The molecule has 0 aliphatic carbocycles. The molecule has 0 saturated carbocycles. The van der Waals surface area contributed by atoms with Crippen LogP contribution in [0.4, 0.5) is 4.39 Å². The van der Waals surface area contributed by atoms with Crippen molar-refractivity contribution < 1.29 is 13.9 Å².